The fourth-order valence-corrected chi connectivity index (χ4v) is 3.75. The zero-order chi connectivity index (χ0) is 17.5. The Bertz CT molecular complexity index is 612. The number of piperazine rings is 1. The minimum absolute atomic E-state index is 0. The van der Waals surface area contributed by atoms with Gasteiger partial charge in [0, 0.05) is 45.3 Å². The fourth-order valence-electron chi connectivity index (χ4n) is 3.75. The molecule has 2 heterocycles. The van der Waals surface area contributed by atoms with Crippen molar-refractivity contribution in [3.05, 3.63) is 30.0 Å². The molecule has 1 aliphatic heterocycles. The molecule has 0 unspecified atom stereocenters. The molecule has 1 aliphatic carbocycles. The number of carbonyl (C=O) groups excluding carboxylic acids is 1. The van der Waals surface area contributed by atoms with Gasteiger partial charge in [0.15, 0.2) is 11.6 Å². The summed E-state index contributed by atoms with van der Waals surface area (Å²) in [4.78, 5) is 21.0. The van der Waals surface area contributed by atoms with Crippen LogP contribution in [0, 0.1) is 0 Å². The number of halogens is 1. The molecule has 3 rings (SSSR count). The van der Waals surface area contributed by atoms with Gasteiger partial charge in [0.1, 0.15) is 0 Å². The number of ketones is 1. The maximum absolute atomic E-state index is 11.5. The van der Waals surface area contributed by atoms with Crippen molar-refractivity contribution in [3.8, 4) is 0 Å². The molecule has 2 aliphatic rings. The third-order valence-corrected chi connectivity index (χ3v) is 5.08. The standard InChI is InChI=1S/C20H30N4O.ClH/c1-2-21-19-9-4-10-22-20(19)24-14-12-23(13-15-24)11-5-7-17-6-3-8-18(25)16-17;/h4,9-10,16,21H,2-3,5-8,11-15H2,1H3;1H. The van der Waals surface area contributed by atoms with Crippen molar-refractivity contribution >= 4 is 29.7 Å². The molecule has 0 amide bonds. The van der Waals surface area contributed by atoms with Crippen LogP contribution in [0.15, 0.2) is 30.0 Å². The van der Waals surface area contributed by atoms with Crippen molar-refractivity contribution in [1.82, 2.24) is 9.88 Å². The number of nitrogens with one attached hydrogen (secondary N) is 1. The topological polar surface area (TPSA) is 48.5 Å². The van der Waals surface area contributed by atoms with E-state index in [4.69, 9.17) is 0 Å². The number of hydrogen-bond donors (Lipinski definition) is 1. The molecular formula is C20H31ClN4O. The molecule has 6 heteroatoms. The van der Waals surface area contributed by atoms with E-state index < -0.39 is 0 Å². The van der Waals surface area contributed by atoms with Crippen LogP contribution >= 0.6 is 12.4 Å². The van der Waals surface area contributed by atoms with E-state index in [1.807, 2.05) is 18.3 Å². The number of anilines is 2. The van der Waals surface area contributed by atoms with Gasteiger partial charge in [0.05, 0.1) is 5.69 Å². The lowest BCUT2D eigenvalue weighted by atomic mass is 9.95. The van der Waals surface area contributed by atoms with Gasteiger partial charge in [0.2, 0.25) is 0 Å². The Morgan fingerprint density at radius 1 is 1.19 bits per heavy atom. The van der Waals surface area contributed by atoms with Crippen LogP contribution in [0.25, 0.3) is 0 Å². The monoisotopic (exact) mass is 378 g/mol. The molecule has 1 saturated heterocycles. The van der Waals surface area contributed by atoms with E-state index in [9.17, 15) is 4.79 Å². The number of nitrogens with zero attached hydrogens (tertiary/aromatic N) is 3. The van der Waals surface area contributed by atoms with Crippen LogP contribution in [-0.2, 0) is 4.79 Å². The van der Waals surface area contributed by atoms with Crippen molar-refractivity contribution < 1.29 is 4.79 Å². The molecule has 0 spiro atoms. The second-order valence-electron chi connectivity index (χ2n) is 6.96. The highest BCUT2D eigenvalue weighted by Gasteiger charge is 2.20. The van der Waals surface area contributed by atoms with Crippen LogP contribution in [0.2, 0.25) is 0 Å². The number of pyridine rings is 1. The van der Waals surface area contributed by atoms with Gasteiger partial charge in [-0.1, -0.05) is 5.57 Å². The Kier molecular flexibility index (Phi) is 8.39. The van der Waals surface area contributed by atoms with Gasteiger partial charge in [0.25, 0.3) is 0 Å². The Labute approximate surface area is 163 Å². The van der Waals surface area contributed by atoms with E-state index in [0.717, 1.165) is 82.9 Å². The summed E-state index contributed by atoms with van der Waals surface area (Å²) < 4.78 is 0. The maximum Gasteiger partial charge on any atom is 0.155 e. The zero-order valence-electron chi connectivity index (χ0n) is 15.7. The van der Waals surface area contributed by atoms with Gasteiger partial charge in [-0.25, -0.2) is 4.98 Å². The van der Waals surface area contributed by atoms with E-state index in [-0.39, 0.29) is 12.4 Å². The summed E-state index contributed by atoms with van der Waals surface area (Å²) in [6.07, 6.45) is 8.91. The molecule has 26 heavy (non-hydrogen) atoms. The Balaban J connectivity index is 0.00000243. The highest BCUT2D eigenvalue weighted by atomic mass is 35.5. The number of aromatic nitrogens is 1. The third-order valence-electron chi connectivity index (χ3n) is 5.08. The number of hydrogen-bond acceptors (Lipinski definition) is 5. The summed E-state index contributed by atoms with van der Waals surface area (Å²) in [6.45, 7) is 8.37. The molecule has 0 bridgehead atoms. The van der Waals surface area contributed by atoms with Crippen molar-refractivity contribution in [2.24, 2.45) is 0 Å². The van der Waals surface area contributed by atoms with Crippen LogP contribution in [0.3, 0.4) is 0 Å². The van der Waals surface area contributed by atoms with Crippen LogP contribution in [0.1, 0.15) is 39.0 Å². The smallest absolute Gasteiger partial charge is 0.155 e. The van der Waals surface area contributed by atoms with E-state index in [1.54, 1.807) is 0 Å². The first-order chi connectivity index (χ1) is 12.3. The minimum Gasteiger partial charge on any atom is -0.382 e. The zero-order valence-corrected chi connectivity index (χ0v) is 16.6. The Morgan fingerprint density at radius 3 is 2.73 bits per heavy atom. The van der Waals surface area contributed by atoms with Crippen molar-refractivity contribution in [2.75, 3.05) is 49.5 Å². The van der Waals surface area contributed by atoms with E-state index in [1.165, 1.54) is 5.57 Å². The van der Waals surface area contributed by atoms with Gasteiger partial charge in [-0.3, -0.25) is 9.69 Å². The van der Waals surface area contributed by atoms with E-state index in [2.05, 4.69) is 33.1 Å². The first-order valence-corrected chi connectivity index (χ1v) is 9.64. The summed E-state index contributed by atoms with van der Waals surface area (Å²) >= 11 is 0. The Morgan fingerprint density at radius 2 is 2.00 bits per heavy atom. The second kappa shape index (κ2) is 10.5. The predicted octanol–water partition coefficient (Wildman–Crippen LogP) is 3.52. The van der Waals surface area contributed by atoms with Crippen LogP contribution in [-0.4, -0.2) is 54.9 Å². The molecule has 1 aromatic heterocycles. The average molecular weight is 379 g/mol. The average Bonchev–Trinajstić information content (AvgIpc) is 2.63. The van der Waals surface area contributed by atoms with E-state index >= 15 is 0 Å². The maximum atomic E-state index is 11.5. The lowest BCUT2D eigenvalue weighted by Crippen LogP contribution is -2.47. The van der Waals surface area contributed by atoms with Gasteiger partial charge in [-0.05, 0) is 57.4 Å². The molecule has 5 nitrogen and oxygen atoms in total. The van der Waals surface area contributed by atoms with Gasteiger partial charge < -0.3 is 10.2 Å². The summed E-state index contributed by atoms with van der Waals surface area (Å²) in [6, 6.07) is 4.10. The Hall–Kier alpha value is -1.59. The molecule has 0 atom stereocenters. The minimum atomic E-state index is 0. The lowest BCUT2D eigenvalue weighted by Gasteiger charge is -2.36. The van der Waals surface area contributed by atoms with Crippen molar-refractivity contribution in [2.45, 2.75) is 39.0 Å². The molecule has 144 valence electrons. The quantitative estimate of drug-likeness (QED) is 0.786. The third kappa shape index (κ3) is 5.71. The van der Waals surface area contributed by atoms with Gasteiger partial charge in [-0.2, -0.15) is 0 Å². The summed E-state index contributed by atoms with van der Waals surface area (Å²) in [5.74, 6) is 1.40. The van der Waals surface area contributed by atoms with Crippen LogP contribution in [0.5, 0.6) is 0 Å². The highest BCUT2D eigenvalue weighted by Crippen LogP contribution is 2.24. The lowest BCUT2D eigenvalue weighted by molar-refractivity contribution is -0.115. The van der Waals surface area contributed by atoms with Crippen molar-refractivity contribution in [1.29, 1.82) is 0 Å². The van der Waals surface area contributed by atoms with Crippen LogP contribution in [0.4, 0.5) is 11.5 Å². The largest absolute Gasteiger partial charge is 0.382 e. The molecular weight excluding hydrogens is 348 g/mol. The molecule has 0 saturated carbocycles. The van der Waals surface area contributed by atoms with Gasteiger partial charge in [-0.15, -0.1) is 12.4 Å². The van der Waals surface area contributed by atoms with Crippen molar-refractivity contribution in [3.63, 3.8) is 0 Å². The normalized spacial score (nSPS) is 18.3. The van der Waals surface area contributed by atoms with Gasteiger partial charge >= 0.3 is 0 Å². The van der Waals surface area contributed by atoms with Crippen LogP contribution < -0.4 is 10.2 Å². The molecule has 0 aromatic carbocycles. The summed E-state index contributed by atoms with van der Waals surface area (Å²) in [5.41, 5.74) is 2.49. The summed E-state index contributed by atoms with van der Waals surface area (Å²) in [7, 11) is 0. The predicted molar refractivity (Wildman–Crippen MR) is 110 cm³/mol. The second-order valence-corrected chi connectivity index (χ2v) is 6.96. The van der Waals surface area contributed by atoms with E-state index in [0.29, 0.717) is 5.78 Å². The summed E-state index contributed by atoms with van der Waals surface area (Å²) in [5, 5.41) is 3.41. The first-order valence-electron chi connectivity index (χ1n) is 9.64. The number of allylic oxidation sites excluding steroid dienone is 2. The first kappa shape index (κ1) is 20.7. The fraction of sp³-hybridized carbons (Fsp3) is 0.600. The number of carbonyl (C=O) groups is 1. The SMILES string of the molecule is CCNc1cccnc1N1CCN(CCCC2=CC(=O)CCC2)CC1.Cl. The number of rotatable bonds is 7. The molecule has 1 aromatic rings. The molecule has 0 radical (unpaired) electrons. The molecule has 1 fully saturated rings. The highest BCUT2D eigenvalue weighted by molar-refractivity contribution is 5.91. The molecule has 1 N–H and O–H groups in total.